The van der Waals surface area contributed by atoms with E-state index < -0.39 is 5.97 Å². The van der Waals surface area contributed by atoms with E-state index in [4.69, 9.17) is 5.11 Å². The summed E-state index contributed by atoms with van der Waals surface area (Å²) in [5, 5.41) is 18.4. The molecule has 2 N–H and O–H groups in total. The summed E-state index contributed by atoms with van der Waals surface area (Å²) >= 11 is 0. The van der Waals surface area contributed by atoms with Gasteiger partial charge in [0.15, 0.2) is 0 Å². The zero-order valence-corrected chi connectivity index (χ0v) is 10.8. The summed E-state index contributed by atoms with van der Waals surface area (Å²) in [6.45, 7) is 4.11. The zero-order valence-electron chi connectivity index (χ0n) is 10.8. The van der Waals surface area contributed by atoms with Gasteiger partial charge in [0.2, 0.25) is 0 Å². The molecule has 2 fully saturated rings. The monoisotopic (exact) mass is 240 g/mol. The highest BCUT2D eigenvalue weighted by Crippen LogP contribution is 2.54. The molecular formula is C14H24O3. The first-order valence-corrected chi connectivity index (χ1v) is 6.88. The molecule has 0 radical (unpaired) electrons. The Labute approximate surface area is 103 Å². The van der Waals surface area contributed by atoms with Crippen molar-refractivity contribution in [3.63, 3.8) is 0 Å². The molecule has 0 amide bonds. The van der Waals surface area contributed by atoms with Crippen molar-refractivity contribution >= 4 is 5.97 Å². The molecule has 2 aliphatic carbocycles. The highest BCUT2D eigenvalue weighted by atomic mass is 16.4. The minimum Gasteiger partial charge on any atom is -0.481 e. The second-order valence-electron chi connectivity index (χ2n) is 6.20. The maximum Gasteiger partial charge on any atom is 0.306 e. The lowest BCUT2D eigenvalue weighted by molar-refractivity contribution is -0.145. The van der Waals surface area contributed by atoms with Crippen LogP contribution in [0.25, 0.3) is 0 Å². The van der Waals surface area contributed by atoms with Crippen molar-refractivity contribution in [2.45, 2.75) is 39.5 Å². The van der Waals surface area contributed by atoms with E-state index in [1.165, 1.54) is 19.3 Å². The maximum atomic E-state index is 11.3. The SMILES string of the molecule is CC(CO)C(CC1C2CCC(C2)C1C)C(=O)O. The third-order valence-electron chi connectivity index (χ3n) is 5.36. The van der Waals surface area contributed by atoms with E-state index >= 15 is 0 Å². The Morgan fingerprint density at radius 1 is 1.35 bits per heavy atom. The fraction of sp³-hybridized carbons (Fsp3) is 0.929. The summed E-state index contributed by atoms with van der Waals surface area (Å²) in [5.41, 5.74) is 0. The first kappa shape index (κ1) is 12.9. The number of hydrogen-bond acceptors (Lipinski definition) is 2. The molecule has 2 bridgehead atoms. The number of carbonyl (C=O) groups is 1. The number of aliphatic hydroxyl groups excluding tert-OH is 1. The highest BCUT2D eigenvalue weighted by Gasteiger charge is 2.46. The third kappa shape index (κ3) is 2.35. The fourth-order valence-electron chi connectivity index (χ4n) is 4.10. The first-order chi connectivity index (χ1) is 8.04. The number of hydrogen-bond donors (Lipinski definition) is 2. The molecule has 0 spiro atoms. The van der Waals surface area contributed by atoms with E-state index in [9.17, 15) is 9.90 Å². The Morgan fingerprint density at radius 2 is 2.00 bits per heavy atom. The van der Waals surface area contributed by atoms with Crippen molar-refractivity contribution in [3.05, 3.63) is 0 Å². The second-order valence-corrected chi connectivity index (χ2v) is 6.20. The summed E-state index contributed by atoms with van der Waals surface area (Å²) in [6.07, 6.45) is 4.71. The lowest BCUT2D eigenvalue weighted by atomic mass is 9.73. The second kappa shape index (κ2) is 4.97. The van der Waals surface area contributed by atoms with Crippen LogP contribution in [0.1, 0.15) is 39.5 Å². The van der Waals surface area contributed by atoms with Crippen molar-refractivity contribution in [2.24, 2.45) is 35.5 Å². The van der Waals surface area contributed by atoms with Crippen LogP contribution in [0, 0.1) is 35.5 Å². The van der Waals surface area contributed by atoms with Crippen LogP contribution in [0.3, 0.4) is 0 Å². The van der Waals surface area contributed by atoms with Crippen LogP contribution in [0.2, 0.25) is 0 Å². The van der Waals surface area contributed by atoms with E-state index in [0.717, 1.165) is 18.3 Å². The van der Waals surface area contributed by atoms with Crippen LogP contribution >= 0.6 is 0 Å². The van der Waals surface area contributed by atoms with E-state index in [1.54, 1.807) is 0 Å². The normalized spacial score (nSPS) is 39.2. The number of fused-ring (bicyclic) bond motifs is 2. The zero-order chi connectivity index (χ0) is 12.6. The van der Waals surface area contributed by atoms with Crippen molar-refractivity contribution < 1.29 is 15.0 Å². The Hall–Kier alpha value is -0.570. The van der Waals surface area contributed by atoms with E-state index in [0.29, 0.717) is 11.8 Å². The molecule has 3 heteroatoms. The van der Waals surface area contributed by atoms with Crippen LogP contribution < -0.4 is 0 Å². The molecule has 0 aromatic heterocycles. The lowest BCUT2D eigenvalue weighted by Crippen LogP contribution is -2.30. The predicted octanol–water partition coefficient (Wildman–Crippen LogP) is 2.39. The van der Waals surface area contributed by atoms with E-state index in [1.807, 2.05) is 6.92 Å². The number of aliphatic hydroxyl groups is 1. The molecule has 0 saturated heterocycles. The molecule has 0 aliphatic heterocycles. The van der Waals surface area contributed by atoms with Crippen LogP contribution in [0.4, 0.5) is 0 Å². The van der Waals surface area contributed by atoms with Gasteiger partial charge in [0, 0.05) is 6.61 Å². The molecule has 2 aliphatic rings. The van der Waals surface area contributed by atoms with Gasteiger partial charge in [0.05, 0.1) is 5.92 Å². The van der Waals surface area contributed by atoms with Crippen molar-refractivity contribution in [3.8, 4) is 0 Å². The molecule has 98 valence electrons. The minimum atomic E-state index is -0.735. The van der Waals surface area contributed by atoms with Crippen LogP contribution in [0.5, 0.6) is 0 Å². The molecule has 0 aromatic rings. The smallest absolute Gasteiger partial charge is 0.306 e. The van der Waals surface area contributed by atoms with E-state index in [2.05, 4.69) is 6.92 Å². The van der Waals surface area contributed by atoms with Crippen molar-refractivity contribution in [1.82, 2.24) is 0 Å². The Morgan fingerprint density at radius 3 is 2.47 bits per heavy atom. The van der Waals surface area contributed by atoms with Crippen molar-refractivity contribution in [2.75, 3.05) is 6.61 Å². The first-order valence-electron chi connectivity index (χ1n) is 6.88. The van der Waals surface area contributed by atoms with Gasteiger partial charge in [-0.3, -0.25) is 4.79 Å². The van der Waals surface area contributed by atoms with Gasteiger partial charge in [-0.15, -0.1) is 0 Å². The van der Waals surface area contributed by atoms with Gasteiger partial charge < -0.3 is 10.2 Å². The van der Waals surface area contributed by atoms with Crippen LogP contribution in [-0.4, -0.2) is 22.8 Å². The van der Waals surface area contributed by atoms with Gasteiger partial charge in [0.25, 0.3) is 0 Å². The highest BCUT2D eigenvalue weighted by molar-refractivity contribution is 5.70. The molecule has 2 rings (SSSR count). The van der Waals surface area contributed by atoms with Gasteiger partial charge in [0.1, 0.15) is 0 Å². The Balaban J connectivity index is 2.01. The minimum absolute atomic E-state index is 0.0217. The number of carboxylic acid groups (broad SMARTS) is 1. The molecule has 6 atom stereocenters. The summed E-state index contributed by atoms with van der Waals surface area (Å²) in [7, 11) is 0. The summed E-state index contributed by atoms with van der Waals surface area (Å²) in [4.78, 5) is 11.3. The fourth-order valence-corrected chi connectivity index (χ4v) is 4.10. The van der Waals surface area contributed by atoms with Crippen LogP contribution in [-0.2, 0) is 4.79 Å². The maximum absolute atomic E-state index is 11.3. The molecular weight excluding hydrogens is 216 g/mol. The average molecular weight is 240 g/mol. The van der Waals surface area contributed by atoms with Gasteiger partial charge in [-0.05, 0) is 55.3 Å². The molecule has 3 nitrogen and oxygen atoms in total. The number of aliphatic carboxylic acids is 1. The Bertz CT molecular complexity index is 287. The van der Waals surface area contributed by atoms with Gasteiger partial charge in [-0.2, -0.15) is 0 Å². The third-order valence-corrected chi connectivity index (χ3v) is 5.36. The van der Waals surface area contributed by atoms with E-state index in [-0.39, 0.29) is 18.4 Å². The molecule has 17 heavy (non-hydrogen) atoms. The number of rotatable bonds is 5. The molecule has 0 heterocycles. The number of carboxylic acids is 1. The van der Waals surface area contributed by atoms with Gasteiger partial charge in [-0.25, -0.2) is 0 Å². The lowest BCUT2D eigenvalue weighted by Gasteiger charge is -2.31. The standard InChI is InChI=1S/C14H24O3/c1-8(7-15)12(14(16)17)6-13-9(2)10-3-4-11(13)5-10/h8-13,15H,3-7H2,1-2H3,(H,16,17). The molecule has 0 aromatic carbocycles. The summed E-state index contributed by atoms with van der Waals surface area (Å²) in [6, 6.07) is 0. The summed E-state index contributed by atoms with van der Waals surface area (Å²) < 4.78 is 0. The Kier molecular flexibility index (Phi) is 3.76. The molecule has 6 unspecified atom stereocenters. The van der Waals surface area contributed by atoms with Gasteiger partial charge in [-0.1, -0.05) is 13.8 Å². The quantitative estimate of drug-likeness (QED) is 0.775. The summed E-state index contributed by atoms with van der Waals surface area (Å²) in [5.74, 6) is 1.61. The largest absolute Gasteiger partial charge is 0.481 e. The topological polar surface area (TPSA) is 57.5 Å². The van der Waals surface area contributed by atoms with Crippen molar-refractivity contribution in [1.29, 1.82) is 0 Å². The van der Waals surface area contributed by atoms with Gasteiger partial charge >= 0.3 is 5.97 Å². The van der Waals surface area contributed by atoms with Crippen LogP contribution in [0.15, 0.2) is 0 Å². The molecule has 2 saturated carbocycles. The predicted molar refractivity (Wildman–Crippen MR) is 65.5 cm³/mol. The average Bonchev–Trinajstić information content (AvgIpc) is 2.86.